The number of aryl methyl sites for hydroxylation is 2. The lowest BCUT2D eigenvalue weighted by Crippen LogP contribution is -1.91. The molecule has 0 aliphatic heterocycles. The van der Waals surface area contributed by atoms with E-state index in [4.69, 9.17) is 5.73 Å². The van der Waals surface area contributed by atoms with E-state index in [9.17, 15) is 0 Å². The van der Waals surface area contributed by atoms with Gasteiger partial charge in [0.1, 0.15) is 5.82 Å². The summed E-state index contributed by atoms with van der Waals surface area (Å²) in [6.07, 6.45) is 1.81. The highest BCUT2D eigenvalue weighted by Crippen LogP contribution is 2.22. The summed E-state index contributed by atoms with van der Waals surface area (Å²) in [6, 6.07) is 8.00. The normalized spacial score (nSPS) is 10.5. The number of pyridine rings is 2. The van der Waals surface area contributed by atoms with E-state index in [-0.39, 0.29) is 0 Å². The van der Waals surface area contributed by atoms with Gasteiger partial charge in [0.15, 0.2) is 0 Å². The molecule has 0 aromatic carbocycles. The highest BCUT2D eigenvalue weighted by Gasteiger charge is 2.00. The number of aromatic nitrogens is 2. The molecule has 2 rings (SSSR count). The molecule has 0 fully saturated rings. The molecule has 0 saturated carbocycles. The van der Waals surface area contributed by atoms with Crippen LogP contribution in [0, 0.1) is 13.8 Å². The molecule has 0 spiro atoms. The predicted molar refractivity (Wildman–Crippen MR) is 71.9 cm³/mol. The van der Waals surface area contributed by atoms with Crippen LogP contribution in [0.2, 0.25) is 0 Å². The highest BCUT2D eigenvalue weighted by molar-refractivity contribution is 7.98. The predicted octanol–water partition coefficient (Wildman–Crippen LogP) is 2.97. The molecule has 3 nitrogen and oxygen atoms in total. The number of nitrogens with two attached hydrogens (primary N) is 1. The molecule has 17 heavy (non-hydrogen) atoms. The maximum absolute atomic E-state index is 5.54. The molecule has 2 aromatic heterocycles. The third kappa shape index (κ3) is 3.46. The summed E-state index contributed by atoms with van der Waals surface area (Å²) in [4.78, 5) is 8.56. The molecule has 0 saturated heterocycles. The van der Waals surface area contributed by atoms with Gasteiger partial charge in [-0.15, -0.1) is 11.8 Å². The minimum atomic E-state index is 0.559. The molecule has 0 bridgehead atoms. The van der Waals surface area contributed by atoms with Crippen molar-refractivity contribution in [3.63, 3.8) is 0 Å². The van der Waals surface area contributed by atoms with E-state index in [1.807, 2.05) is 25.3 Å². The third-order valence-corrected chi connectivity index (χ3v) is 3.29. The molecule has 0 aliphatic carbocycles. The quantitative estimate of drug-likeness (QED) is 0.845. The number of hydrogen-bond donors (Lipinski definition) is 1. The molecular formula is C13H15N3S. The maximum atomic E-state index is 5.54. The third-order valence-electron chi connectivity index (χ3n) is 2.31. The maximum Gasteiger partial charge on any atom is 0.123 e. The molecule has 2 heterocycles. The zero-order chi connectivity index (χ0) is 12.3. The number of nitrogens with zero attached hydrogens (tertiary/aromatic N) is 2. The van der Waals surface area contributed by atoms with Crippen LogP contribution < -0.4 is 5.73 Å². The summed E-state index contributed by atoms with van der Waals surface area (Å²) in [5.74, 6) is 1.42. The average Bonchev–Trinajstić information content (AvgIpc) is 2.27. The Morgan fingerprint density at radius 1 is 1.24 bits per heavy atom. The monoisotopic (exact) mass is 245 g/mol. The first-order valence-corrected chi connectivity index (χ1v) is 6.40. The van der Waals surface area contributed by atoms with Crippen LogP contribution in [-0.2, 0) is 5.75 Å². The fourth-order valence-corrected chi connectivity index (χ4v) is 2.52. The van der Waals surface area contributed by atoms with Gasteiger partial charge in [0.2, 0.25) is 0 Å². The Labute approximate surface area is 105 Å². The van der Waals surface area contributed by atoms with E-state index in [0.29, 0.717) is 5.82 Å². The van der Waals surface area contributed by atoms with Crippen LogP contribution in [0.5, 0.6) is 0 Å². The minimum absolute atomic E-state index is 0.559. The second kappa shape index (κ2) is 5.19. The molecule has 0 atom stereocenters. The Kier molecular flexibility index (Phi) is 3.64. The number of thioether (sulfide) groups is 1. The van der Waals surface area contributed by atoms with Crippen LogP contribution in [0.15, 0.2) is 35.5 Å². The van der Waals surface area contributed by atoms with Gasteiger partial charge in [-0.05, 0) is 43.2 Å². The summed E-state index contributed by atoms with van der Waals surface area (Å²) in [7, 11) is 0. The lowest BCUT2D eigenvalue weighted by molar-refractivity contribution is 1.05. The zero-order valence-corrected chi connectivity index (χ0v) is 10.8. The largest absolute Gasteiger partial charge is 0.384 e. The van der Waals surface area contributed by atoms with E-state index in [1.54, 1.807) is 11.8 Å². The van der Waals surface area contributed by atoms with Crippen LogP contribution in [0.1, 0.15) is 16.8 Å². The topological polar surface area (TPSA) is 51.8 Å². The van der Waals surface area contributed by atoms with Gasteiger partial charge in [-0.3, -0.25) is 0 Å². The molecular weight excluding hydrogens is 230 g/mol. The van der Waals surface area contributed by atoms with Crippen molar-refractivity contribution in [1.82, 2.24) is 9.97 Å². The van der Waals surface area contributed by atoms with Crippen LogP contribution in [0.4, 0.5) is 5.82 Å². The van der Waals surface area contributed by atoms with Gasteiger partial charge in [-0.25, -0.2) is 9.97 Å². The van der Waals surface area contributed by atoms with E-state index in [0.717, 1.165) is 22.0 Å². The van der Waals surface area contributed by atoms with Gasteiger partial charge in [-0.2, -0.15) is 0 Å². The summed E-state index contributed by atoms with van der Waals surface area (Å²) in [5, 5.41) is 1.05. The Morgan fingerprint density at radius 3 is 2.71 bits per heavy atom. The van der Waals surface area contributed by atoms with E-state index >= 15 is 0 Å². The first-order chi connectivity index (χ1) is 8.13. The SMILES string of the molecule is Cc1cc(C)nc(SCc2ccc(N)nc2)c1. The molecule has 4 heteroatoms. The Balaban J connectivity index is 2.04. The molecule has 2 aromatic rings. The van der Waals surface area contributed by atoms with Gasteiger partial charge in [-0.1, -0.05) is 6.07 Å². The van der Waals surface area contributed by atoms with Gasteiger partial charge in [0, 0.05) is 17.6 Å². The number of anilines is 1. The first-order valence-electron chi connectivity index (χ1n) is 5.42. The van der Waals surface area contributed by atoms with Crippen LogP contribution in [-0.4, -0.2) is 9.97 Å². The van der Waals surface area contributed by atoms with Crippen molar-refractivity contribution in [3.8, 4) is 0 Å². The number of hydrogen-bond acceptors (Lipinski definition) is 4. The standard InChI is InChI=1S/C13H15N3S/c1-9-5-10(2)16-13(6-9)17-8-11-3-4-12(14)15-7-11/h3-7H,8H2,1-2H3,(H2,14,15). The molecule has 88 valence electrons. The number of nitrogen functional groups attached to an aromatic ring is 1. The molecule has 0 amide bonds. The summed E-state index contributed by atoms with van der Waals surface area (Å²) >= 11 is 1.72. The second-order valence-electron chi connectivity index (χ2n) is 4.00. The van der Waals surface area contributed by atoms with Gasteiger partial charge < -0.3 is 5.73 Å². The molecule has 0 unspecified atom stereocenters. The van der Waals surface area contributed by atoms with Crippen molar-refractivity contribution in [2.75, 3.05) is 5.73 Å². The Hall–Kier alpha value is -1.55. The average molecular weight is 245 g/mol. The van der Waals surface area contributed by atoms with Gasteiger partial charge >= 0.3 is 0 Å². The van der Waals surface area contributed by atoms with Crippen LogP contribution in [0.25, 0.3) is 0 Å². The lowest BCUT2D eigenvalue weighted by atomic mass is 10.3. The van der Waals surface area contributed by atoms with E-state index in [2.05, 4.69) is 29.0 Å². The fourth-order valence-electron chi connectivity index (χ4n) is 1.56. The van der Waals surface area contributed by atoms with Crippen molar-refractivity contribution in [2.24, 2.45) is 0 Å². The van der Waals surface area contributed by atoms with Crippen molar-refractivity contribution in [1.29, 1.82) is 0 Å². The summed E-state index contributed by atoms with van der Waals surface area (Å²) in [5.41, 5.74) is 9.01. The second-order valence-corrected chi connectivity index (χ2v) is 5.00. The van der Waals surface area contributed by atoms with Crippen LogP contribution >= 0.6 is 11.8 Å². The van der Waals surface area contributed by atoms with Gasteiger partial charge in [0.25, 0.3) is 0 Å². The molecule has 2 N–H and O–H groups in total. The summed E-state index contributed by atoms with van der Waals surface area (Å²) in [6.45, 7) is 4.10. The Morgan fingerprint density at radius 2 is 2.06 bits per heavy atom. The first kappa shape index (κ1) is 11.9. The molecule has 0 aliphatic rings. The van der Waals surface area contributed by atoms with E-state index < -0.39 is 0 Å². The smallest absolute Gasteiger partial charge is 0.123 e. The van der Waals surface area contributed by atoms with E-state index in [1.165, 1.54) is 5.56 Å². The molecule has 0 radical (unpaired) electrons. The van der Waals surface area contributed by atoms with Crippen molar-refractivity contribution < 1.29 is 0 Å². The highest BCUT2D eigenvalue weighted by atomic mass is 32.2. The van der Waals surface area contributed by atoms with Crippen molar-refractivity contribution in [2.45, 2.75) is 24.6 Å². The minimum Gasteiger partial charge on any atom is -0.384 e. The summed E-state index contributed by atoms with van der Waals surface area (Å²) < 4.78 is 0. The Bertz CT molecular complexity index is 488. The number of rotatable bonds is 3. The lowest BCUT2D eigenvalue weighted by Gasteiger charge is -2.04. The van der Waals surface area contributed by atoms with Crippen molar-refractivity contribution in [3.05, 3.63) is 47.3 Å². The van der Waals surface area contributed by atoms with Crippen molar-refractivity contribution >= 4 is 17.6 Å². The van der Waals surface area contributed by atoms with Crippen LogP contribution in [0.3, 0.4) is 0 Å². The van der Waals surface area contributed by atoms with Gasteiger partial charge in [0.05, 0.1) is 5.03 Å². The zero-order valence-electron chi connectivity index (χ0n) is 9.97. The fraction of sp³-hybridized carbons (Fsp3) is 0.231.